The average Bonchev–Trinajstić information content (AvgIpc) is 2.18. The van der Waals surface area contributed by atoms with Gasteiger partial charge in [-0.3, -0.25) is 4.79 Å². The molecule has 0 radical (unpaired) electrons. The minimum atomic E-state index is -0.308. The number of hydrogen-bond donors (Lipinski definition) is 0. The average molecular weight is 189 g/mol. The second kappa shape index (κ2) is 4.35. The lowest BCUT2D eigenvalue weighted by atomic mass is 10.1. The molecule has 0 unspecified atom stereocenters. The molecule has 4 nitrogen and oxygen atoms in total. The molecular weight excluding hydrogens is 178 g/mol. The molecule has 1 aromatic rings. The van der Waals surface area contributed by atoms with Gasteiger partial charge in [0.25, 0.3) is 5.78 Å². The summed E-state index contributed by atoms with van der Waals surface area (Å²) in [6.07, 6.45) is 0.880. The molecule has 0 aromatic heterocycles. The van der Waals surface area contributed by atoms with Crippen LogP contribution in [0.15, 0.2) is 24.3 Å². The minimum absolute atomic E-state index is 0.308. The van der Waals surface area contributed by atoms with E-state index in [0.717, 1.165) is 11.9 Å². The smallest absolute Gasteiger partial charge is 0.328 e. The van der Waals surface area contributed by atoms with E-state index in [0.29, 0.717) is 5.56 Å². The summed E-state index contributed by atoms with van der Waals surface area (Å²) in [5.41, 5.74) is 9.71. The molecular formula is C10H11N3O. The largest absolute Gasteiger partial charge is 0.378 e. The Hall–Kier alpha value is -1.93. The molecule has 0 fully saturated rings. The predicted octanol–water partition coefficient (Wildman–Crippen LogP) is 1.24. The van der Waals surface area contributed by atoms with Crippen molar-refractivity contribution in [2.24, 2.45) is 0 Å². The van der Waals surface area contributed by atoms with Gasteiger partial charge in [-0.05, 0) is 24.3 Å². The van der Waals surface area contributed by atoms with Gasteiger partial charge in [-0.1, -0.05) is 0 Å². The molecule has 0 spiro atoms. The molecule has 0 N–H and O–H groups in total. The van der Waals surface area contributed by atoms with Gasteiger partial charge in [0.2, 0.25) is 0 Å². The summed E-state index contributed by atoms with van der Waals surface area (Å²) in [5, 5.41) is 0. The lowest BCUT2D eigenvalue weighted by Gasteiger charge is -2.11. The molecule has 0 heterocycles. The second-order valence-corrected chi connectivity index (χ2v) is 3.05. The van der Waals surface area contributed by atoms with Gasteiger partial charge in [0, 0.05) is 25.3 Å². The predicted molar refractivity (Wildman–Crippen MR) is 54.8 cm³/mol. The van der Waals surface area contributed by atoms with Crippen LogP contribution < -0.4 is 4.90 Å². The number of anilines is 1. The Labute approximate surface area is 82.4 Å². The summed E-state index contributed by atoms with van der Waals surface area (Å²) in [7, 11) is 3.85. The number of carbonyl (C=O) groups excluding carboxylic acids is 1. The molecule has 0 saturated heterocycles. The third-order valence-corrected chi connectivity index (χ3v) is 1.84. The van der Waals surface area contributed by atoms with E-state index in [1.54, 1.807) is 12.1 Å². The Kier molecular flexibility index (Phi) is 3.15. The lowest BCUT2D eigenvalue weighted by molar-refractivity contribution is 0.00235. The summed E-state index contributed by atoms with van der Waals surface area (Å²) < 4.78 is 0. The minimum Gasteiger partial charge on any atom is -0.378 e. The van der Waals surface area contributed by atoms with Crippen LogP contribution in [0.5, 0.6) is 0 Å². The van der Waals surface area contributed by atoms with Crippen LogP contribution in [-0.2, 0) is 0 Å². The van der Waals surface area contributed by atoms with E-state index in [-0.39, 0.29) is 5.78 Å². The zero-order valence-corrected chi connectivity index (χ0v) is 8.14. The quantitative estimate of drug-likeness (QED) is 0.311. The molecule has 0 amide bonds. The van der Waals surface area contributed by atoms with Crippen LogP contribution in [0.1, 0.15) is 10.4 Å². The van der Waals surface area contributed by atoms with Crippen molar-refractivity contribution in [3.63, 3.8) is 0 Å². The number of nitrogens with zero attached hydrogens (tertiary/aromatic N) is 3. The SMILES string of the molecule is CN(C)c1ccc(C(=O)C=[N+]=[N-])cc1. The highest BCUT2D eigenvalue weighted by atomic mass is 16.1. The fraction of sp³-hybridized carbons (Fsp3) is 0.200. The first-order chi connectivity index (χ1) is 6.65. The molecule has 0 aliphatic rings. The third kappa shape index (κ3) is 2.28. The maximum absolute atomic E-state index is 11.2. The van der Waals surface area contributed by atoms with E-state index >= 15 is 0 Å². The van der Waals surface area contributed by atoms with E-state index in [1.165, 1.54) is 0 Å². The van der Waals surface area contributed by atoms with E-state index in [4.69, 9.17) is 5.53 Å². The first-order valence-corrected chi connectivity index (χ1v) is 4.14. The molecule has 72 valence electrons. The first-order valence-electron chi connectivity index (χ1n) is 4.14. The van der Waals surface area contributed by atoms with Crippen LogP contribution in [-0.4, -0.2) is 30.9 Å². The van der Waals surface area contributed by atoms with Crippen molar-refractivity contribution in [1.82, 2.24) is 0 Å². The van der Waals surface area contributed by atoms with E-state index in [2.05, 4.69) is 4.79 Å². The van der Waals surface area contributed by atoms with Crippen molar-refractivity contribution in [2.45, 2.75) is 0 Å². The van der Waals surface area contributed by atoms with Crippen LogP contribution in [0.2, 0.25) is 0 Å². The number of hydrogen-bond acceptors (Lipinski definition) is 2. The highest BCUT2D eigenvalue weighted by molar-refractivity contribution is 6.33. The van der Waals surface area contributed by atoms with Gasteiger partial charge < -0.3 is 10.4 Å². The highest BCUT2D eigenvalue weighted by Gasteiger charge is 2.06. The lowest BCUT2D eigenvalue weighted by Crippen LogP contribution is -2.09. The highest BCUT2D eigenvalue weighted by Crippen LogP contribution is 2.11. The Morgan fingerprint density at radius 2 is 1.93 bits per heavy atom. The van der Waals surface area contributed by atoms with Gasteiger partial charge in [-0.15, -0.1) is 0 Å². The fourth-order valence-electron chi connectivity index (χ4n) is 1.05. The van der Waals surface area contributed by atoms with Gasteiger partial charge in [-0.2, -0.15) is 4.79 Å². The number of rotatable bonds is 3. The third-order valence-electron chi connectivity index (χ3n) is 1.84. The van der Waals surface area contributed by atoms with Gasteiger partial charge in [0.1, 0.15) is 0 Å². The zero-order chi connectivity index (χ0) is 10.6. The van der Waals surface area contributed by atoms with E-state index in [1.807, 2.05) is 31.1 Å². The maximum Gasteiger partial charge on any atom is 0.328 e. The monoisotopic (exact) mass is 189 g/mol. The summed E-state index contributed by atoms with van der Waals surface area (Å²) in [6, 6.07) is 7.05. The number of Topliss-reactive ketones (excluding diaryl/α,β-unsaturated/α-hetero) is 1. The Morgan fingerprint density at radius 3 is 2.36 bits per heavy atom. The first kappa shape index (κ1) is 10.2. The molecule has 1 aromatic carbocycles. The number of benzene rings is 1. The van der Waals surface area contributed by atoms with Crippen LogP contribution in [0.3, 0.4) is 0 Å². The zero-order valence-electron chi connectivity index (χ0n) is 8.14. The van der Waals surface area contributed by atoms with Crippen molar-refractivity contribution in [3.05, 3.63) is 35.4 Å². The summed E-state index contributed by atoms with van der Waals surface area (Å²) in [4.78, 5) is 15.8. The Balaban J connectivity index is 2.93. The van der Waals surface area contributed by atoms with Gasteiger partial charge >= 0.3 is 6.21 Å². The molecule has 1 rings (SSSR count). The second-order valence-electron chi connectivity index (χ2n) is 3.05. The summed E-state index contributed by atoms with van der Waals surface area (Å²) in [6.45, 7) is 0. The van der Waals surface area contributed by atoms with Crippen molar-refractivity contribution in [2.75, 3.05) is 19.0 Å². The van der Waals surface area contributed by atoms with Crippen LogP contribution in [0.4, 0.5) is 5.69 Å². The molecule has 0 bridgehead atoms. The fourth-order valence-corrected chi connectivity index (χ4v) is 1.05. The van der Waals surface area contributed by atoms with Gasteiger partial charge in [-0.25, -0.2) is 0 Å². The molecule has 0 aliphatic heterocycles. The van der Waals surface area contributed by atoms with E-state index < -0.39 is 0 Å². The van der Waals surface area contributed by atoms with Crippen molar-refractivity contribution < 1.29 is 9.58 Å². The Morgan fingerprint density at radius 1 is 1.36 bits per heavy atom. The maximum atomic E-state index is 11.2. The van der Waals surface area contributed by atoms with Crippen molar-refractivity contribution in [1.29, 1.82) is 0 Å². The Bertz CT molecular complexity index is 375. The van der Waals surface area contributed by atoms with E-state index in [9.17, 15) is 4.79 Å². The summed E-state index contributed by atoms with van der Waals surface area (Å²) >= 11 is 0. The number of carbonyl (C=O) groups is 1. The normalized spacial score (nSPS) is 9.00. The van der Waals surface area contributed by atoms with Crippen molar-refractivity contribution >= 4 is 17.7 Å². The molecule has 0 saturated carbocycles. The van der Waals surface area contributed by atoms with Crippen LogP contribution in [0, 0.1) is 0 Å². The van der Waals surface area contributed by atoms with Gasteiger partial charge in [0.05, 0.1) is 0 Å². The van der Waals surface area contributed by atoms with Crippen LogP contribution in [0.25, 0.3) is 5.53 Å². The number of ketones is 1. The van der Waals surface area contributed by atoms with Crippen molar-refractivity contribution in [3.8, 4) is 0 Å². The molecule has 0 aliphatic carbocycles. The standard InChI is InChI=1S/C10H11N3O/c1-13(2)9-5-3-8(4-6-9)10(14)7-12-11/h3-7H,1-2H3. The van der Waals surface area contributed by atoms with Crippen LogP contribution >= 0.6 is 0 Å². The molecule has 4 heteroatoms. The topological polar surface area (TPSA) is 56.7 Å². The molecule has 0 atom stereocenters. The van der Waals surface area contributed by atoms with Gasteiger partial charge in [0.15, 0.2) is 0 Å². The summed E-state index contributed by atoms with van der Waals surface area (Å²) in [5.74, 6) is -0.308. The molecule has 14 heavy (non-hydrogen) atoms.